The molecule has 0 spiro atoms. The van der Waals surface area contributed by atoms with E-state index in [-0.39, 0.29) is 11.8 Å². The van der Waals surface area contributed by atoms with Crippen molar-refractivity contribution in [2.45, 2.75) is 26.3 Å². The van der Waals surface area contributed by atoms with E-state index in [1.165, 1.54) is 5.56 Å². The lowest BCUT2D eigenvalue weighted by Gasteiger charge is -2.15. The van der Waals surface area contributed by atoms with Crippen molar-refractivity contribution in [2.24, 2.45) is 5.73 Å². The van der Waals surface area contributed by atoms with Crippen LogP contribution in [-0.4, -0.2) is 27.7 Å². The quantitative estimate of drug-likeness (QED) is 0.419. The summed E-state index contributed by atoms with van der Waals surface area (Å²) in [6.07, 6.45) is 0.877. The Hall–Kier alpha value is -3.44. The zero-order valence-electron chi connectivity index (χ0n) is 17.3. The predicted octanol–water partition coefficient (Wildman–Crippen LogP) is 5.13. The highest BCUT2D eigenvalue weighted by Crippen LogP contribution is 2.34. The number of phenols is 1. The summed E-state index contributed by atoms with van der Waals surface area (Å²) in [5, 5.41) is 14.9. The molecule has 1 aromatic heterocycles. The molecule has 1 heterocycles. The van der Waals surface area contributed by atoms with Crippen molar-refractivity contribution in [3.8, 4) is 28.3 Å². The van der Waals surface area contributed by atoms with Crippen molar-refractivity contribution >= 4 is 16.7 Å². The van der Waals surface area contributed by atoms with E-state index in [2.05, 4.69) is 31.3 Å². The number of benzene rings is 3. The first-order chi connectivity index (χ1) is 14.6. The van der Waals surface area contributed by atoms with Crippen LogP contribution in [0.2, 0.25) is 0 Å². The van der Waals surface area contributed by atoms with Gasteiger partial charge in [0, 0.05) is 18.0 Å². The van der Waals surface area contributed by atoms with Crippen LogP contribution >= 0.6 is 0 Å². The molecule has 0 saturated carbocycles. The minimum Gasteiger partial charge on any atom is -0.507 e. The van der Waals surface area contributed by atoms with Gasteiger partial charge in [0.05, 0.1) is 11.1 Å². The Balaban J connectivity index is 1.83. The molecule has 0 aliphatic carbocycles. The molecule has 0 unspecified atom stereocenters. The Morgan fingerprint density at radius 2 is 1.73 bits per heavy atom. The maximum atomic E-state index is 10.6. The molecule has 4 N–H and O–H groups in total. The van der Waals surface area contributed by atoms with Gasteiger partial charge in [0.25, 0.3) is 0 Å². The standard InChI is InChI=1S/C25H26N4O/c1-3-18(26)15-27-24-20-10-6-7-11-22(20)28-25(29-24)21-14-17(12-13-23(21)30)19-9-5-4-8-16(19)2/h4-14,18,30H,3,15,26H2,1-2H3,(H,27,28,29)/t18-/m1/s1. The van der Waals surface area contributed by atoms with E-state index >= 15 is 0 Å². The summed E-state index contributed by atoms with van der Waals surface area (Å²) < 4.78 is 0. The Morgan fingerprint density at radius 3 is 2.53 bits per heavy atom. The third kappa shape index (κ3) is 3.98. The summed E-state index contributed by atoms with van der Waals surface area (Å²) in [6.45, 7) is 4.75. The van der Waals surface area contributed by atoms with E-state index in [1.807, 2.05) is 48.5 Å². The molecule has 5 nitrogen and oxygen atoms in total. The molecule has 1 atom stereocenters. The van der Waals surface area contributed by atoms with E-state index in [0.29, 0.717) is 17.9 Å². The van der Waals surface area contributed by atoms with Crippen LogP contribution in [0.15, 0.2) is 66.7 Å². The van der Waals surface area contributed by atoms with Crippen molar-refractivity contribution < 1.29 is 5.11 Å². The van der Waals surface area contributed by atoms with Gasteiger partial charge in [-0.2, -0.15) is 0 Å². The second-order valence-electron chi connectivity index (χ2n) is 7.51. The number of aromatic nitrogens is 2. The number of fused-ring (bicyclic) bond motifs is 1. The minimum atomic E-state index is 0.0416. The smallest absolute Gasteiger partial charge is 0.165 e. The molecular weight excluding hydrogens is 372 g/mol. The van der Waals surface area contributed by atoms with Gasteiger partial charge in [-0.3, -0.25) is 0 Å². The molecule has 0 amide bonds. The summed E-state index contributed by atoms with van der Waals surface area (Å²) in [6, 6.07) is 21.7. The molecule has 0 aliphatic rings. The van der Waals surface area contributed by atoms with Crippen LogP contribution in [0.3, 0.4) is 0 Å². The van der Waals surface area contributed by atoms with Crippen LogP contribution in [0.5, 0.6) is 5.75 Å². The number of rotatable bonds is 6. The molecule has 4 aromatic rings. The number of nitrogens with zero attached hydrogens (tertiary/aromatic N) is 2. The number of hydrogen-bond donors (Lipinski definition) is 3. The van der Waals surface area contributed by atoms with Gasteiger partial charge >= 0.3 is 0 Å². The van der Waals surface area contributed by atoms with E-state index in [0.717, 1.165) is 34.3 Å². The minimum absolute atomic E-state index is 0.0416. The van der Waals surface area contributed by atoms with Crippen LogP contribution in [0.4, 0.5) is 5.82 Å². The van der Waals surface area contributed by atoms with Gasteiger partial charge in [-0.1, -0.05) is 49.4 Å². The van der Waals surface area contributed by atoms with Crippen molar-refractivity contribution in [1.29, 1.82) is 0 Å². The maximum Gasteiger partial charge on any atom is 0.165 e. The summed E-state index contributed by atoms with van der Waals surface area (Å²) in [5.74, 6) is 1.35. The Morgan fingerprint density at radius 1 is 0.967 bits per heavy atom. The number of aromatic hydroxyl groups is 1. The molecule has 0 saturated heterocycles. The zero-order valence-corrected chi connectivity index (χ0v) is 17.3. The first-order valence-electron chi connectivity index (χ1n) is 10.2. The highest BCUT2D eigenvalue weighted by Gasteiger charge is 2.14. The highest BCUT2D eigenvalue weighted by atomic mass is 16.3. The fourth-order valence-electron chi connectivity index (χ4n) is 3.48. The van der Waals surface area contributed by atoms with Crippen LogP contribution in [0.25, 0.3) is 33.4 Å². The third-order valence-electron chi connectivity index (χ3n) is 5.35. The number of para-hydroxylation sites is 1. The first kappa shape index (κ1) is 19.9. The molecule has 0 radical (unpaired) electrons. The average molecular weight is 399 g/mol. The van der Waals surface area contributed by atoms with Gasteiger partial charge < -0.3 is 16.2 Å². The van der Waals surface area contributed by atoms with Crippen molar-refractivity contribution in [3.05, 3.63) is 72.3 Å². The van der Waals surface area contributed by atoms with Gasteiger partial charge in [0.2, 0.25) is 0 Å². The molecule has 5 heteroatoms. The van der Waals surface area contributed by atoms with E-state index < -0.39 is 0 Å². The normalized spacial score (nSPS) is 12.1. The lowest BCUT2D eigenvalue weighted by Crippen LogP contribution is -2.28. The van der Waals surface area contributed by atoms with Crippen LogP contribution in [0, 0.1) is 6.92 Å². The molecule has 3 aromatic carbocycles. The second kappa shape index (κ2) is 8.51. The molecule has 0 bridgehead atoms. The molecule has 152 valence electrons. The third-order valence-corrected chi connectivity index (χ3v) is 5.35. The lowest BCUT2D eigenvalue weighted by molar-refractivity contribution is 0.477. The topological polar surface area (TPSA) is 84.1 Å². The molecule has 30 heavy (non-hydrogen) atoms. The molecule has 4 rings (SSSR count). The first-order valence-corrected chi connectivity index (χ1v) is 10.2. The average Bonchev–Trinajstić information content (AvgIpc) is 2.78. The number of hydrogen-bond acceptors (Lipinski definition) is 5. The van der Waals surface area contributed by atoms with E-state index in [9.17, 15) is 5.11 Å². The maximum absolute atomic E-state index is 10.6. The molecule has 0 fully saturated rings. The Labute approximate surface area is 176 Å². The van der Waals surface area contributed by atoms with Gasteiger partial charge in [-0.25, -0.2) is 9.97 Å². The lowest BCUT2D eigenvalue weighted by atomic mass is 9.98. The monoisotopic (exact) mass is 398 g/mol. The second-order valence-corrected chi connectivity index (χ2v) is 7.51. The van der Waals surface area contributed by atoms with E-state index in [1.54, 1.807) is 6.07 Å². The predicted molar refractivity (Wildman–Crippen MR) is 124 cm³/mol. The largest absolute Gasteiger partial charge is 0.507 e. The highest BCUT2D eigenvalue weighted by molar-refractivity contribution is 5.91. The van der Waals surface area contributed by atoms with Crippen LogP contribution < -0.4 is 11.1 Å². The summed E-state index contributed by atoms with van der Waals surface area (Å²) in [4.78, 5) is 9.49. The van der Waals surface area contributed by atoms with Gasteiger partial charge in [0.1, 0.15) is 11.6 Å². The number of nitrogens with two attached hydrogens (primary N) is 1. The van der Waals surface area contributed by atoms with Crippen LogP contribution in [-0.2, 0) is 0 Å². The summed E-state index contributed by atoms with van der Waals surface area (Å²) in [5.41, 5.74) is 10.8. The summed E-state index contributed by atoms with van der Waals surface area (Å²) in [7, 11) is 0. The number of anilines is 1. The zero-order chi connectivity index (χ0) is 21.1. The molecular formula is C25H26N4O. The Bertz CT molecular complexity index is 1190. The SMILES string of the molecule is CC[C@@H](N)CNc1nc(-c2cc(-c3ccccc3C)ccc2O)nc2ccccc12. The van der Waals surface area contributed by atoms with Crippen molar-refractivity contribution in [1.82, 2.24) is 9.97 Å². The van der Waals surface area contributed by atoms with Crippen molar-refractivity contribution in [3.63, 3.8) is 0 Å². The fraction of sp³-hybridized carbons (Fsp3) is 0.200. The van der Waals surface area contributed by atoms with Crippen LogP contribution in [0.1, 0.15) is 18.9 Å². The fourth-order valence-corrected chi connectivity index (χ4v) is 3.48. The van der Waals surface area contributed by atoms with Crippen molar-refractivity contribution in [2.75, 3.05) is 11.9 Å². The summed E-state index contributed by atoms with van der Waals surface area (Å²) >= 11 is 0. The van der Waals surface area contributed by atoms with Gasteiger partial charge in [-0.15, -0.1) is 0 Å². The van der Waals surface area contributed by atoms with Gasteiger partial charge in [0.15, 0.2) is 5.82 Å². The molecule has 0 aliphatic heterocycles. The van der Waals surface area contributed by atoms with E-state index in [4.69, 9.17) is 15.7 Å². The Kier molecular flexibility index (Phi) is 5.63. The number of aryl methyl sites for hydroxylation is 1. The van der Waals surface area contributed by atoms with Gasteiger partial charge in [-0.05, 0) is 54.3 Å². The number of nitrogens with one attached hydrogen (secondary N) is 1. The number of phenolic OH excluding ortho intramolecular Hbond substituents is 1.